The Bertz CT molecular complexity index is 380. The fraction of sp³-hybridized carbons (Fsp3) is 0.875. The third-order valence-electron chi connectivity index (χ3n) is 5.30. The largest absolute Gasteiger partial charge is 0.481 e. The van der Waals surface area contributed by atoms with Crippen molar-refractivity contribution in [2.45, 2.75) is 70.9 Å². The molecular weight excluding hydrogens is 268 g/mol. The summed E-state index contributed by atoms with van der Waals surface area (Å²) in [5.41, 5.74) is 0. The number of carboxylic acid groups (broad SMARTS) is 1. The first kappa shape index (κ1) is 16.1. The van der Waals surface area contributed by atoms with Gasteiger partial charge in [-0.25, -0.2) is 4.79 Å². The Labute approximate surface area is 127 Å². The highest BCUT2D eigenvalue weighted by atomic mass is 16.4. The number of carbonyl (C=O) groups is 2. The fourth-order valence-electron chi connectivity index (χ4n) is 3.89. The molecule has 120 valence electrons. The summed E-state index contributed by atoms with van der Waals surface area (Å²) < 4.78 is 0. The number of amides is 2. The molecule has 3 atom stereocenters. The minimum absolute atomic E-state index is 0.0799. The van der Waals surface area contributed by atoms with E-state index in [1.54, 1.807) is 4.90 Å². The van der Waals surface area contributed by atoms with Gasteiger partial charge in [-0.3, -0.25) is 4.79 Å². The van der Waals surface area contributed by atoms with Crippen LogP contribution in [0.3, 0.4) is 0 Å². The summed E-state index contributed by atoms with van der Waals surface area (Å²) in [5, 5.41) is 12.3. The Morgan fingerprint density at radius 2 is 1.90 bits per heavy atom. The van der Waals surface area contributed by atoms with Crippen LogP contribution >= 0.6 is 0 Å². The first-order valence-electron chi connectivity index (χ1n) is 8.34. The predicted octanol–water partition coefficient (Wildman–Crippen LogP) is 2.85. The molecule has 2 rings (SSSR count). The van der Waals surface area contributed by atoms with E-state index < -0.39 is 11.9 Å². The number of likely N-dealkylation sites (tertiary alicyclic amines) is 1. The van der Waals surface area contributed by atoms with Crippen molar-refractivity contribution in [2.24, 2.45) is 11.8 Å². The monoisotopic (exact) mass is 296 g/mol. The molecule has 2 aliphatic rings. The van der Waals surface area contributed by atoms with E-state index in [4.69, 9.17) is 5.11 Å². The second-order valence-electron chi connectivity index (χ2n) is 6.53. The Morgan fingerprint density at radius 3 is 2.43 bits per heavy atom. The summed E-state index contributed by atoms with van der Waals surface area (Å²) in [7, 11) is 0. The van der Waals surface area contributed by atoms with Crippen LogP contribution in [0.25, 0.3) is 0 Å². The number of carbonyl (C=O) groups excluding carboxylic acids is 1. The summed E-state index contributed by atoms with van der Waals surface area (Å²) in [6.07, 6.45) is 7.74. The quantitative estimate of drug-likeness (QED) is 0.838. The summed E-state index contributed by atoms with van der Waals surface area (Å²) in [6.45, 7) is 4.50. The number of aliphatic carboxylic acids is 1. The normalized spacial score (nSPS) is 28.4. The smallest absolute Gasteiger partial charge is 0.317 e. The minimum Gasteiger partial charge on any atom is -0.481 e. The minimum atomic E-state index is -0.794. The predicted molar refractivity (Wildman–Crippen MR) is 81.1 cm³/mol. The van der Waals surface area contributed by atoms with E-state index in [1.165, 1.54) is 32.1 Å². The molecule has 21 heavy (non-hydrogen) atoms. The number of hydrogen-bond donors (Lipinski definition) is 2. The second-order valence-corrected chi connectivity index (χ2v) is 6.53. The standard InChI is InChI=1S/C16H28N2O3/c1-3-14(12-7-5-4-6-8-12)17-16(21)18-10-9-13(11(18)2)15(19)20/h11-14H,3-10H2,1-2H3,(H,17,21)(H,19,20). The molecule has 0 aromatic carbocycles. The molecule has 0 aromatic rings. The third kappa shape index (κ3) is 3.69. The van der Waals surface area contributed by atoms with Gasteiger partial charge in [0, 0.05) is 18.6 Å². The van der Waals surface area contributed by atoms with E-state index in [0.717, 1.165) is 6.42 Å². The van der Waals surface area contributed by atoms with Crippen LogP contribution in [0, 0.1) is 11.8 Å². The molecule has 1 heterocycles. The molecule has 0 radical (unpaired) electrons. The van der Waals surface area contributed by atoms with E-state index in [9.17, 15) is 9.59 Å². The van der Waals surface area contributed by atoms with Gasteiger partial charge >= 0.3 is 12.0 Å². The van der Waals surface area contributed by atoms with Gasteiger partial charge in [0.15, 0.2) is 0 Å². The molecular formula is C16H28N2O3. The maximum absolute atomic E-state index is 12.5. The van der Waals surface area contributed by atoms with Gasteiger partial charge in [0.1, 0.15) is 0 Å². The average Bonchev–Trinajstić information content (AvgIpc) is 2.87. The lowest BCUT2D eigenvalue weighted by molar-refractivity contribution is -0.142. The van der Waals surface area contributed by atoms with Crippen molar-refractivity contribution in [3.8, 4) is 0 Å². The lowest BCUT2D eigenvalue weighted by Gasteiger charge is -2.33. The first-order valence-corrected chi connectivity index (χ1v) is 8.34. The van der Waals surface area contributed by atoms with Crippen LogP contribution in [-0.4, -0.2) is 40.6 Å². The van der Waals surface area contributed by atoms with Gasteiger partial charge in [-0.05, 0) is 38.5 Å². The summed E-state index contributed by atoms with van der Waals surface area (Å²) in [4.78, 5) is 25.3. The molecule has 2 N–H and O–H groups in total. The van der Waals surface area contributed by atoms with E-state index in [2.05, 4.69) is 12.2 Å². The molecule has 1 saturated heterocycles. The van der Waals surface area contributed by atoms with Crippen molar-refractivity contribution in [3.05, 3.63) is 0 Å². The van der Waals surface area contributed by atoms with Crippen molar-refractivity contribution < 1.29 is 14.7 Å². The molecule has 2 fully saturated rings. The van der Waals surface area contributed by atoms with Crippen LogP contribution in [-0.2, 0) is 4.79 Å². The number of hydrogen-bond acceptors (Lipinski definition) is 2. The lowest BCUT2D eigenvalue weighted by Crippen LogP contribution is -2.49. The highest BCUT2D eigenvalue weighted by Crippen LogP contribution is 2.29. The topological polar surface area (TPSA) is 69.6 Å². The fourth-order valence-corrected chi connectivity index (χ4v) is 3.89. The number of carboxylic acids is 1. The summed E-state index contributed by atoms with van der Waals surface area (Å²) >= 11 is 0. The SMILES string of the molecule is CCC(NC(=O)N1CCC(C(=O)O)C1C)C1CCCCC1. The van der Waals surface area contributed by atoms with Crippen LogP contribution in [0.1, 0.15) is 58.8 Å². The van der Waals surface area contributed by atoms with Crippen molar-refractivity contribution in [3.63, 3.8) is 0 Å². The van der Waals surface area contributed by atoms with Crippen molar-refractivity contribution in [1.29, 1.82) is 0 Å². The number of urea groups is 1. The molecule has 1 aliphatic carbocycles. The van der Waals surface area contributed by atoms with Crippen LogP contribution in [0.5, 0.6) is 0 Å². The Kier molecular flexibility index (Phi) is 5.48. The van der Waals surface area contributed by atoms with Crippen molar-refractivity contribution >= 4 is 12.0 Å². The third-order valence-corrected chi connectivity index (χ3v) is 5.30. The number of nitrogens with zero attached hydrogens (tertiary/aromatic N) is 1. The van der Waals surface area contributed by atoms with Crippen LogP contribution in [0.15, 0.2) is 0 Å². The molecule has 0 spiro atoms. The second kappa shape index (κ2) is 7.14. The molecule has 1 saturated carbocycles. The van der Waals surface area contributed by atoms with Gasteiger partial charge in [0.05, 0.1) is 5.92 Å². The van der Waals surface area contributed by atoms with E-state index in [1.807, 2.05) is 6.92 Å². The maximum Gasteiger partial charge on any atom is 0.317 e. The number of nitrogens with one attached hydrogen (secondary N) is 1. The van der Waals surface area contributed by atoms with E-state index >= 15 is 0 Å². The van der Waals surface area contributed by atoms with Gasteiger partial charge in [0.2, 0.25) is 0 Å². The van der Waals surface area contributed by atoms with E-state index in [-0.39, 0.29) is 18.1 Å². The Morgan fingerprint density at radius 1 is 1.24 bits per heavy atom. The van der Waals surface area contributed by atoms with Gasteiger partial charge in [0.25, 0.3) is 0 Å². The molecule has 0 aromatic heterocycles. The van der Waals surface area contributed by atoms with Gasteiger partial charge in [-0.15, -0.1) is 0 Å². The van der Waals surface area contributed by atoms with Crippen LogP contribution < -0.4 is 5.32 Å². The first-order chi connectivity index (χ1) is 10.0. The Hall–Kier alpha value is -1.26. The molecule has 1 aliphatic heterocycles. The van der Waals surface area contributed by atoms with Crippen molar-refractivity contribution in [2.75, 3.05) is 6.54 Å². The van der Waals surface area contributed by atoms with Crippen LogP contribution in [0.4, 0.5) is 4.79 Å². The van der Waals surface area contributed by atoms with E-state index in [0.29, 0.717) is 18.9 Å². The number of rotatable bonds is 4. The molecule has 2 amide bonds. The molecule has 3 unspecified atom stereocenters. The molecule has 5 heteroatoms. The van der Waals surface area contributed by atoms with Gasteiger partial charge in [-0.2, -0.15) is 0 Å². The van der Waals surface area contributed by atoms with Crippen LogP contribution in [0.2, 0.25) is 0 Å². The zero-order valence-corrected chi connectivity index (χ0v) is 13.2. The summed E-state index contributed by atoms with van der Waals surface area (Å²) in [6, 6.07) is -0.0658. The zero-order valence-electron chi connectivity index (χ0n) is 13.2. The summed E-state index contributed by atoms with van der Waals surface area (Å²) in [5.74, 6) is -0.636. The molecule has 5 nitrogen and oxygen atoms in total. The average molecular weight is 296 g/mol. The highest BCUT2D eigenvalue weighted by Gasteiger charge is 2.38. The van der Waals surface area contributed by atoms with Gasteiger partial charge in [-0.1, -0.05) is 26.2 Å². The Balaban J connectivity index is 1.92. The highest BCUT2D eigenvalue weighted by molar-refractivity contribution is 5.78. The van der Waals surface area contributed by atoms with Gasteiger partial charge < -0.3 is 15.3 Å². The maximum atomic E-state index is 12.5. The zero-order chi connectivity index (χ0) is 15.4. The van der Waals surface area contributed by atoms with Crippen molar-refractivity contribution in [1.82, 2.24) is 10.2 Å². The lowest BCUT2D eigenvalue weighted by atomic mass is 9.83. The molecule has 0 bridgehead atoms.